The van der Waals surface area contributed by atoms with Crippen molar-refractivity contribution in [2.24, 2.45) is 28.7 Å². The zero-order chi connectivity index (χ0) is 15.3. The van der Waals surface area contributed by atoms with Crippen LogP contribution in [0.2, 0.25) is 0 Å². The largest absolute Gasteiger partial charge is 0.351 e. The third kappa shape index (κ3) is 3.94. The van der Waals surface area contributed by atoms with Crippen molar-refractivity contribution in [3.63, 3.8) is 0 Å². The molecule has 0 aliphatic carbocycles. The molecular formula is C15H30N2O4. The van der Waals surface area contributed by atoms with Gasteiger partial charge >= 0.3 is 0 Å². The second-order valence-electron chi connectivity index (χ2n) is 6.29. The first-order chi connectivity index (χ1) is 10.2. The smallest absolute Gasteiger partial charge is 0.161 e. The highest BCUT2D eigenvalue weighted by molar-refractivity contribution is 4.86. The summed E-state index contributed by atoms with van der Waals surface area (Å²) in [5.74, 6) is 0.504. The van der Waals surface area contributed by atoms with E-state index in [1.54, 1.807) is 0 Å². The molecule has 124 valence electrons. The van der Waals surface area contributed by atoms with Crippen molar-refractivity contribution in [2.45, 2.75) is 39.3 Å². The van der Waals surface area contributed by atoms with Gasteiger partial charge in [0.1, 0.15) is 0 Å². The topological polar surface area (TPSA) is 89.0 Å². The number of hydrogen-bond donors (Lipinski definition) is 2. The molecule has 0 aromatic heterocycles. The highest BCUT2D eigenvalue weighted by Gasteiger charge is 2.44. The molecule has 6 heteroatoms. The highest BCUT2D eigenvalue weighted by atomic mass is 16.7. The van der Waals surface area contributed by atoms with Crippen molar-refractivity contribution in [2.75, 3.05) is 39.5 Å². The standard InChI is InChI=1S/C15H30N2O4/c1-3-11(5-16)13-18-7-15(8-19-13)9-20-14(21-10-15)12(4-2)6-17/h11-14H,3-10,16-17H2,1-2H3. The van der Waals surface area contributed by atoms with Crippen LogP contribution in [0.4, 0.5) is 0 Å². The summed E-state index contributed by atoms with van der Waals surface area (Å²) in [6.45, 7) is 7.75. The van der Waals surface area contributed by atoms with E-state index in [1.165, 1.54) is 0 Å². The van der Waals surface area contributed by atoms with Gasteiger partial charge in [-0.15, -0.1) is 0 Å². The Bertz CT molecular complexity index is 259. The minimum atomic E-state index is -0.198. The fourth-order valence-corrected chi connectivity index (χ4v) is 2.87. The Morgan fingerprint density at radius 2 is 1.14 bits per heavy atom. The van der Waals surface area contributed by atoms with Crippen LogP contribution in [0.1, 0.15) is 26.7 Å². The summed E-state index contributed by atoms with van der Waals surface area (Å²) >= 11 is 0. The molecule has 2 fully saturated rings. The van der Waals surface area contributed by atoms with Gasteiger partial charge in [-0.3, -0.25) is 0 Å². The minimum Gasteiger partial charge on any atom is -0.351 e. The van der Waals surface area contributed by atoms with Crippen molar-refractivity contribution < 1.29 is 18.9 Å². The van der Waals surface area contributed by atoms with Crippen LogP contribution in [-0.4, -0.2) is 52.1 Å². The van der Waals surface area contributed by atoms with Gasteiger partial charge in [-0.1, -0.05) is 13.8 Å². The van der Waals surface area contributed by atoms with E-state index in [4.69, 9.17) is 30.4 Å². The lowest BCUT2D eigenvalue weighted by molar-refractivity contribution is -0.318. The molecule has 2 heterocycles. The Labute approximate surface area is 127 Å². The van der Waals surface area contributed by atoms with Crippen LogP contribution in [0, 0.1) is 17.3 Å². The predicted molar refractivity (Wildman–Crippen MR) is 79.5 cm³/mol. The number of rotatable bonds is 6. The zero-order valence-corrected chi connectivity index (χ0v) is 13.3. The second kappa shape index (κ2) is 7.85. The Hall–Kier alpha value is -0.240. The molecule has 2 aliphatic heterocycles. The molecule has 2 aliphatic rings. The Morgan fingerprint density at radius 3 is 1.38 bits per heavy atom. The van der Waals surface area contributed by atoms with Gasteiger partial charge in [-0.25, -0.2) is 0 Å². The first kappa shape index (κ1) is 17.1. The van der Waals surface area contributed by atoms with Crippen LogP contribution in [0.3, 0.4) is 0 Å². The molecule has 2 saturated heterocycles. The minimum absolute atomic E-state index is 0.188. The maximum Gasteiger partial charge on any atom is 0.161 e. The highest BCUT2D eigenvalue weighted by Crippen LogP contribution is 2.33. The van der Waals surface area contributed by atoms with Crippen LogP contribution in [0.25, 0.3) is 0 Å². The normalized spacial score (nSPS) is 36.6. The average molecular weight is 302 g/mol. The molecule has 21 heavy (non-hydrogen) atoms. The van der Waals surface area contributed by atoms with Gasteiger partial charge in [-0.05, 0) is 25.9 Å². The molecule has 4 N–H and O–H groups in total. The molecule has 0 aromatic rings. The Balaban J connectivity index is 1.82. The molecular weight excluding hydrogens is 272 g/mol. The fraction of sp³-hybridized carbons (Fsp3) is 1.00. The lowest BCUT2D eigenvalue weighted by Crippen LogP contribution is -2.55. The molecule has 0 saturated carbocycles. The van der Waals surface area contributed by atoms with Gasteiger partial charge < -0.3 is 30.4 Å². The van der Waals surface area contributed by atoms with E-state index in [-0.39, 0.29) is 29.8 Å². The first-order valence-corrected chi connectivity index (χ1v) is 8.04. The van der Waals surface area contributed by atoms with Gasteiger partial charge in [0.25, 0.3) is 0 Å². The molecule has 0 amide bonds. The van der Waals surface area contributed by atoms with Crippen LogP contribution in [0.15, 0.2) is 0 Å². The van der Waals surface area contributed by atoms with Gasteiger partial charge in [0.2, 0.25) is 0 Å². The fourth-order valence-electron chi connectivity index (χ4n) is 2.87. The van der Waals surface area contributed by atoms with E-state index in [0.29, 0.717) is 39.5 Å². The van der Waals surface area contributed by atoms with Gasteiger partial charge in [0.05, 0.1) is 31.8 Å². The van der Waals surface area contributed by atoms with Crippen LogP contribution in [0.5, 0.6) is 0 Å². The molecule has 2 atom stereocenters. The molecule has 6 nitrogen and oxygen atoms in total. The van der Waals surface area contributed by atoms with Crippen molar-refractivity contribution in [1.82, 2.24) is 0 Å². The number of hydrogen-bond acceptors (Lipinski definition) is 6. The SMILES string of the molecule is CCC(CN)C1OCC2(CO1)COC(C(CC)CN)OC2. The molecule has 0 bridgehead atoms. The van der Waals surface area contributed by atoms with Crippen LogP contribution < -0.4 is 11.5 Å². The van der Waals surface area contributed by atoms with Crippen molar-refractivity contribution >= 4 is 0 Å². The summed E-state index contributed by atoms with van der Waals surface area (Å²) in [7, 11) is 0. The van der Waals surface area contributed by atoms with Crippen molar-refractivity contribution in [1.29, 1.82) is 0 Å². The molecule has 2 rings (SSSR count). The maximum atomic E-state index is 5.88. The summed E-state index contributed by atoms with van der Waals surface area (Å²) in [4.78, 5) is 0. The third-order valence-electron chi connectivity index (χ3n) is 4.64. The lowest BCUT2D eigenvalue weighted by atomic mass is 9.89. The Kier molecular flexibility index (Phi) is 6.40. The van der Waals surface area contributed by atoms with E-state index in [9.17, 15) is 0 Å². The molecule has 2 unspecified atom stereocenters. The monoisotopic (exact) mass is 302 g/mol. The van der Waals surface area contributed by atoms with Crippen molar-refractivity contribution in [3.8, 4) is 0 Å². The van der Waals surface area contributed by atoms with Gasteiger partial charge in [0.15, 0.2) is 12.6 Å². The summed E-state index contributed by atoms with van der Waals surface area (Å²) in [5.41, 5.74) is 11.3. The Morgan fingerprint density at radius 1 is 0.810 bits per heavy atom. The first-order valence-electron chi connectivity index (χ1n) is 8.04. The molecule has 0 radical (unpaired) electrons. The zero-order valence-electron chi connectivity index (χ0n) is 13.3. The van der Waals surface area contributed by atoms with E-state index in [2.05, 4.69) is 13.8 Å². The lowest BCUT2D eigenvalue weighted by Gasteiger charge is -2.46. The summed E-state index contributed by atoms with van der Waals surface area (Å²) in [6, 6.07) is 0. The van der Waals surface area contributed by atoms with Gasteiger partial charge in [-0.2, -0.15) is 0 Å². The van der Waals surface area contributed by atoms with Gasteiger partial charge in [0, 0.05) is 11.8 Å². The third-order valence-corrected chi connectivity index (χ3v) is 4.64. The maximum absolute atomic E-state index is 5.88. The van der Waals surface area contributed by atoms with E-state index < -0.39 is 0 Å². The van der Waals surface area contributed by atoms with Crippen LogP contribution >= 0.6 is 0 Å². The molecule has 1 spiro atoms. The predicted octanol–water partition coefficient (Wildman–Crippen LogP) is 0.688. The molecule has 0 aromatic carbocycles. The van der Waals surface area contributed by atoms with E-state index >= 15 is 0 Å². The van der Waals surface area contributed by atoms with Crippen molar-refractivity contribution in [3.05, 3.63) is 0 Å². The number of nitrogens with two attached hydrogens (primary N) is 2. The number of ether oxygens (including phenoxy) is 4. The van der Waals surface area contributed by atoms with E-state index in [0.717, 1.165) is 12.8 Å². The van der Waals surface area contributed by atoms with E-state index in [1.807, 2.05) is 0 Å². The average Bonchev–Trinajstić information content (AvgIpc) is 2.53. The van der Waals surface area contributed by atoms with Crippen LogP contribution in [-0.2, 0) is 18.9 Å². The summed E-state index contributed by atoms with van der Waals surface area (Å²) in [5, 5.41) is 0. The summed E-state index contributed by atoms with van der Waals surface area (Å²) in [6.07, 6.45) is 1.52. The summed E-state index contributed by atoms with van der Waals surface area (Å²) < 4.78 is 23.5. The quantitative estimate of drug-likeness (QED) is 0.750. The second-order valence-corrected chi connectivity index (χ2v) is 6.29.